The average Bonchev–Trinajstić information content (AvgIpc) is 2.46. The van der Waals surface area contributed by atoms with Crippen molar-refractivity contribution >= 4 is 0 Å². The molecule has 100 valence electrons. The van der Waals surface area contributed by atoms with Crippen LogP contribution in [0.2, 0.25) is 0 Å². The molecule has 1 unspecified atom stereocenters. The number of hydrogen-bond donors (Lipinski definition) is 1. The maximum absolute atomic E-state index is 13.3. The summed E-state index contributed by atoms with van der Waals surface area (Å²) < 4.78 is 19.1. The van der Waals surface area contributed by atoms with Crippen molar-refractivity contribution in [3.05, 3.63) is 65.5 Å². The summed E-state index contributed by atoms with van der Waals surface area (Å²) in [4.78, 5) is 0. The molecule has 0 spiro atoms. The van der Waals surface area contributed by atoms with Gasteiger partial charge in [-0.3, -0.25) is 0 Å². The highest BCUT2D eigenvalue weighted by molar-refractivity contribution is 5.36. The quantitative estimate of drug-likeness (QED) is 0.884. The highest BCUT2D eigenvalue weighted by Gasteiger charge is 2.11. The van der Waals surface area contributed by atoms with Gasteiger partial charge in [-0.15, -0.1) is 0 Å². The van der Waals surface area contributed by atoms with Gasteiger partial charge in [0.25, 0.3) is 0 Å². The summed E-state index contributed by atoms with van der Waals surface area (Å²) in [5.74, 6) is 0.469. The normalized spacial score (nSPS) is 12.2. The predicted octanol–water partition coefficient (Wildman–Crippen LogP) is 3.69. The lowest BCUT2D eigenvalue weighted by Gasteiger charge is -2.16. The molecule has 2 aromatic rings. The van der Waals surface area contributed by atoms with Crippen molar-refractivity contribution in [3.8, 4) is 5.75 Å². The van der Waals surface area contributed by atoms with Gasteiger partial charge in [0.1, 0.15) is 18.2 Å². The first kappa shape index (κ1) is 13.6. The van der Waals surface area contributed by atoms with Crippen molar-refractivity contribution in [1.82, 2.24) is 5.32 Å². The Hall–Kier alpha value is -1.87. The predicted molar refractivity (Wildman–Crippen MR) is 74.6 cm³/mol. The van der Waals surface area contributed by atoms with E-state index >= 15 is 0 Å². The molecule has 0 aliphatic carbocycles. The van der Waals surface area contributed by atoms with Crippen molar-refractivity contribution in [2.45, 2.75) is 19.6 Å². The van der Waals surface area contributed by atoms with E-state index in [4.69, 9.17) is 4.74 Å². The summed E-state index contributed by atoms with van der Waals surface area (Å²) in [5, 5.41) is 3.10. The van der Waals surface area contributed by atoms with Gasteiger partial charge in [0.2, 0.25) is 0 Å². The largest absolute Gasteiger partial charge is 0.489 e. The van der Waals surface area contributed by atoms with Crippen LogP contribution in [0.1, 0.15) is 24.1 Å². The summed E-state index contributed by atoms with van der Waals surface area (Å²) in [5.41, 5.74) is 1.92. The van der Waals surface area contributed by atoms with Crippen LogP contribution in [0.5, 0.6) is 5.75 Å². The lowest BCUT2D eigenvalue weighted by atomic mass is 10.1. The smallest absolute Gasteiger partial charge is 0.124 e. The molecule has 0 saturated heterocycles. The Morgan fingerprint density at radius 3 is 2.58 bits per heavy atom. The Balaban J connectivity index is 2.15. The first-order chi connectivity index (χ1) is 9.20. The summed E-state index contributed by atoms with van der Waals surface area (Å²) in [6.45, 7) is 2.46. The Morgan fingerprint density at radius 2 is 1.89 bits per heavy atom. The average molecular weight is 259 g/mol. The third-order valence-corrected chi connectivity index (χ3v) is 3.11. The maximum atomic E-state index is 13.3. The van der Waals surface area contributed by atoms with E-state index in [0.29, 0.717) is 12.4 Å². The SMILES string of the molecule is CNC(C)c1cc(F)ccc1OCc1ccccc1. The van der Waals surface area contributed by atoms with E-state index in [1.165, 1.54) is 12.1 Å². The van der Waals surface area contributed by atoms with Gasteiger partial charge in [-0.05, 0) is 37.7 Å². The van der Waals surface area contributed by atoms with Crippen LogP contribution in [0, 0.1) is 5.82 Å². The highest BCUT2D eigenvalue weighted by Crippen LogP contribution is 2.26. The first-order valence-corrected chi connectivity index (χ1v) is 6.34. The Bertz CT molecular complexity index is 528. The second-order valence-corrected chi connectivity index (χ2v) is 4.47. The zero-order valence-electron chi connectivity index (χ0n) is 11.2. The molecule has 0 radical (unpaired) electrons. The first-order valence-electron chi connectivity index (χ1n) is 6.34. The summed E-state index contributed by atoms with van der Waals surface area (Å²) in [6.07, 6.45) is 0. The van der Waals surface area contributed by atoms with Gasteiger partial charge in [0.05, 0.1) is 0 Å². The minimum Gasteiger partial charge on any atom is -0.489 e. The summed E-state index contributed by atoms with van der Waals surface area (Å²) >= 11 is 0. The topological polar surface area (TPSA) is 21.3 Å². The second kappa shape index (κ2) is 6.34. The molecule has 0 saturated carbocycles. The van der Waals surface area contributed by atoms with E-state index in [1.54, 1.807) is 6.07 Å². The summed E-state index contributed by atoms with van der Waals surface area (Å²) in [6, 6.07) is 14.6. The molecular weight excluding hydrogens is 241 g/mol. The molecule has 1 atom stereocenters. The molecule has 0 bridgehead atoms. The van der Waals surface area contributed by atoms with Crippen molar-refractivity contribution in [2.24, 2.45) is 0 Å². The molecular formula is C16H18FNO. The zero-order chi connectivity index (χ0) is 13.7. The Labute approximate surface area is 113 Å². The molecule has 0 aliphatic rings. The fraction of sp³-hybridized carbons (Fsp3) is 0.250. The summed E-state index contributed by atoms with van der Waals surface area (Å²) in [7, 11) is 1.84. The minimum absolute atomic E-state index is 0.0430. The lowest BCUT2D eigenvalue weighted by molar-refractivity contribution is 0.299. The molecule has 2 rings (SSSR count). The minimum atomic E-state index is -0.246. The van der Waals surface area contributed by atoms with Crippen LogP contribution in [0.4, 0.5) is 4.39 Å². The van der Waals surface area contributed by atoms with E-state index in [-0.39, 0.29) is 11.9 Å². The third kappa shape index (κ3) is 3.55. The number of nitrogens with one attached hydrogen (secondary N) is 1. The molecule has 0 fully saturated rings. The van der Waals surface area contributed by atoms with Gasteiger partial charge in [-0.1, -0.05) is 30.3 Å². The van der Waals surface area contributed by atoms with Crippen molar-refractivity contribution in [3.63, 3.8) is 0 Å². The van der Waals surface area contributed by atoms with Crippen LogP contribution in [0.25, 0.3) is 0 Å². The van der Waals surface area contributed by atoms with Crippen LogP contribution in [-0.2, 0) is 6.61 Å². The van der Waals surface area contributed by atoms with Crippen molar-refractivity contribution in [1.29, 1.82) is 0 Å². The van der Waals surface area contributed by atoms with E-state index in [2.05, 4.69) is 5.32 Å². The van der Waals surface area contributed by atoms with Crippen LogP contribution in [0.3, 0.4) is 0 Å². The zero-order valence-corrected chi connectivity index (χ0v) is 11.2. The monoisotopic (exact) mass is 259 g/mol. The Morgan fingerprint density at radius 1 is 1.16 bits per heavy atom. The van der Waals surface area contributed by atoms with E-state index in [1.807, 2.05) is 44.3 Å². The van der Waals surface area contributed by atoms with E-state index in [0.717, 1.165) is 11.1 Å². The molecule has 0 amide bonds. The van der Waals surface area contributed by atoms with Gasteiger partial charge >= 0.3 is 0 Å². The number of benzene rings is 2. The van der Waals surface area contributed by atoms with Crippen molar-refractivity contribution in [2.75, 3.05) is 7.05 Å². The third-order valence-electron chi connectivity index (χ3n) is 3.11. The molecule has 2 nitrogen and oxygen atoms in total. The van der Waals surface area contributed by atoms with Crippen molar-refractivity contribution < 1.29 is 9.13 Å². The number of rotatable bonds is 5. The fourth-order valence-electron chi connectivity index (χ4n) is 1.88. The molecule has 1 N–H and O–H groups in total. The van der Waals surface area contributed by atoms with Crippen LogP contribution in [0.15, 0.2) is 48.5 Å². The highest BCUT2D eigenvalue weighted by atomic mass is 19.1. The molecule has 3 heteroatoms. The van der Waals surface area contributed by atoms with Gasteiger partial charge in [0, 0.05) is 11.6 Å². The molecule has 0 aliphatic heterocycles. The maximum Gasteiger partial charge on any atom is 0.124 e. The lowest BCUT2D eigenvalue weighted by Crippen LogP contribution is -2.14. The fourth-order valence-corrected chi connectivity index (χ4v) is 1.88. The number of hydrogen-bond acceptors (Lipinski definition) is 2. The molecule has 19 heavy (non-hydrogen) atoms. The second-order valence-electron chi connectivity index (χ2n) is 4.47. The van der Waals surface area contributed by atoms with Gasteiger partial charge in [-0.2, -0.15) is 0 Å². The van der Waals surface area contributed by atoms with Gasteiger partial charge in [-0.25, -0.2) is 4.39 Å². The van der Waals surface area contributed by atoms with Crippen LogP contribution in [-0.4, -0.2) is 7.05 Å². The van der Waals surface area contributed by atoms with Crippen LogP contribution < -0.4 is 10.1 Å². The van der Waals surface area contributed by atoms with E-state index in [9.17, 15) is 4.39 Å². The number of ether oxygens (including phenoxy) is 1. The van der Waals surface area contributed by atoms with Crippen LogP contribution >= 0.6 is 0 Å². The van der Waals surface area contributed by atoms with Gasteiger partial charge < -0.3 is 10.1 Å². The molecule has 2 aromatic carbocycles. The van der Waals surface area contributed by atoms with Gasteiger partial charge in [0.15, 0.2) is 0 Å². The molecule has 0 aromatic heterocycles. The van der Waals surface area contributed by atoms with E-state index < -0.39 is 0 Å². The standard InChI is InChI=1S/C16H18FNO/c1-12(18-2)15-10-14(17)8-9-16(15)19-11-13-6-4-3-5-7-13/h3-10,12,18H,11H2,1-2H3. The Kier molecular flexibility index (Phi) is 4.53. The molecule has 0 heterocycles. The number of halogens is 1.